The van der Waals surface area contributed by atoms with Gasteiger partial charge in [0.05, 0.1) is 39.3 Å². The summed E-state index contributed by atoms with van der Waals surface area (Å²) in [6, 6.07) is 11.3. The van der Waals surface area contributed by atoms with Crippen molar-refractivity contribution < 1.29 is 27.4 Å². The number of anilines is 1. The van der Waals surface area contributed by atoms with Crippen molar-refractivity contribution in [1.29, 1.82) is 0 Å². The molecule has 29 heavy (non-hydrogen) atoms. The fraction of sp³-hybridized carbons (Fsp3) is 0.350. The van der Waals surface area contributed by atoms with Crippen LogP contribution in [-0.2, 0) is 14.8 Å². The van der Waals surface area contributed by atoms with E-state index in [9.17, 15) is 13.2 Å². The minimum atomic E-state index is -3.67. The van der Waals surface area contributed by atoms with Gasteiger partial charge in [0.1, 0.15) is 23.8 Å². The quantitative estimate of drug-likeness (QED) is 0.667. The molecule has 158 valence electrons. The lowest BCUT2D eigenvalue weighted by atomic mass is 10.1. The van der Waals surface area contributed by atoms with Crippen molar-refractivity contribution in [2.24, 2.45) is 0 Å². The number of carbonyl (C=O) groups excluding carboxylic acids is 1. The predicted octanol–water partition coefficient (Wildman–Crippen LogP) is 2.36. The lowest BCUT2D eigenvalue weighted by molar-refractivity contribution is -0.120. The van der Waals surface area contributed by atoms with Crippen molar-refractivity contribution in [3.05, 3.63) is 48.0 Å². The Hall–Kier alpha value is -2.94. The molecule has 0 saturated carbocycles. The average Bonchev–Trinajstić information content (AvgIpc) is 2.70. The monoisotopic (exact) mass is 422 g/mol. The maximum absolute atomic E-state index is 12.6. The van der Waals surface area contributed by atoms with E-state index in [-0.39, 0.29) is 6.54 Å². The molecule has 9 heteroatoms. The van der Waals surface area contributed by atoms with Crippen LogP contribution in [0.15, 0.2) is 42.5 Å². The molecule has 0 aliphatic heterocycles. The zero-order valence-electron chi connectivity index (χ0n) is 17.1. The van der Waals surface area contributed by atoms with Gasteiger partial charge in [-0.3, -0.25) is 9.10 Å². The molecule has 0 aromatic heterocycles. The van der Waals surface area contributed by atoms with Gasteiger partial charge in [0, 0.05) is 5.56 Å². The number of nitrogens with zero attached hydrogens (tertiary/aromatic N) is 1. The Bertz CT molecular complexity index is 944. The number of carbonyl (C=O) groups is 1. The molecule has 2 aromatic carbocycles. The van der Waals surface area contributed by atoms with Crippen molar-refractivity contribution in [2.45, 2.75) is 13.0 Å². The minimum Gasteiger partial charge on any atom is -0.497 e. The normalized spacial score (nSPS) is 12.0. The third kappa shape index (κ3) is 5.77. The van der Waals surface area contributed by atoms with E-state index in [4.69, 9.17) is 14.2 Å². The van der Waals surface area contributed by atoms with Crippen molar-refractivity contribution in [2.75, 3.05) is 38.4 Å². The average molecular weight is 423 g/mol. The molecular weight excluding hydrogens is 396 g/mol. The maximum atomic E-state index is 12.6. The Labute approximate surface area is 171 Å². The second kappa shape index (κ2) is 9.51. The first-order valence-electron chi connectivity index (χ1n) is 8.82. The number of ether oxygens (including phenoxy) is 3. The molecule has 0 bridgehead atoms. The second-order valence-corrected chi connectivity index (χ2v) is 8.27. The number of amides is 1. The number of nitrogens with one attached hydrogen (secondary N) is 1. The van der Waals surface area contributed by atoms with E-state index < -0.39 is 22.0 Å². The summed E-state index contributed by atoms with van der Waals surface area (Å²) in [7, 11) is 0.935. The number of rotatable bonds is 9. The molecule has 0 heterocycles. The Morgan fingerprint density at radius 3 is 2.10 bits per heavy atom. The molecule has 1 unspecified atom stereocenters. The first-order valence-corrected chi connectivity index (χ1v) is 10.7. The fourth-order valence-electron chi connectivity index (χ4n) is 2.82. The van der Waals surface area contributed by atoms with E-state index in [1.807, 2.05) is 0 Å². The maximum Gasteiger partial charge on any atom is 0.241 e. The van der Waals surface area contributed by atoms with Crippen LogP contribution < -0.4 is 23.8 Å². The first-order chi connectivity index (χ1) is 13.7. The molecule has 0 saturated heterocycles. The number of hydrogen-bond acceptors (Lipinski definition) is 6. The van der Waals surface area contributed by atoms with Gasteiger partial charge >= 0.3 is 0 Å². The van der Waals surface area contributed by atoms with E-state index >= 15 is 0 Å². The third-order valence-corrected chi connectivity index (χ3v) is 5.47. The van der Waals surface area contributed by atoms with Crippen molar-refractivity contribution >= 4 is 21.6 Å². The van der Waals surface area contributed by atoms with Crippen LogP contribution in [0.2, 0.25) is 0 Å². The second-order valence-electron chi connectivity index (χ2n) is 6.36. The van der Waals surface area contributed by atoms with Gasteiger partial charge in [0.15, 0.2) is 0 Å². The van der Waals surface area contributed by atoms with E-state index in [0.29, 0.717) is 22.9 Å². The highest BCUT2D eigenvalue weighted by Gasteiger charge is 2.23. The van der Waals surface area contributed by atoms with Gasteiger partial charge in [-0.15, -0.1) is 0 Å². The lowest BCUT2D eigenvalue weighted by Crippen LogP contribution is -2.41. The van der Waals surface area contributed by atoms with Crippen LogP contribution in [0.5, 0.6) is 17.2 Å². The largest absolute Gasteiger partial charge is 0.497 e. The van der Waals surface area contributed by atoms with E-state index in [0.717, 1.165) is 16.1 Å². The summed E-state index contributed by atoms with van der Waals surface area (Å²) in [6.07, 6.45) is 1.05. The Morgan fingerprint density at radius 2 is 1.59 bits per heavy atom. The predicted molar refractivity (Wildman–Crippen MR) is 111 cm³/mol. The summed E-state index contributed by atoms with van der Waals surface area (Å²) in [4.78, 5) is 12.6. The summed E-state index contributed by atoms with van der Waals surface area (Å²) >= 11 is 0. The van der Waals surface area contributed by atoms with Gasteiger partial charge in [-0.2, -0.15) is 0 Å². The lowest BCUT2D eigenvalue weighted by Gasteiger charge is -2.24. The molecule has 0 aliphatic rings. The topological polar surface area (TPSA) is 94.2 Å². The minimum absolute atomic E-state index is 0.359. The molecule has 0 spiro atoms. The van der Waals surface area contributed by atoms with Crippen LogP contribution in [0.3, 0.4) is 0 Å². The van der Waals surface area contributed by atoms with Gasteiger partial charge < -0.3 is 19.5 Å². The molecule has 0 aliphatic carbocycles. The van der Waals surface area contributed by atoms with E-state index in [1.54, 1.807) is 56.5 Å². The Balaban J connectivity index is 2.20. The molecule has 0 fully saturated rings. The van der Waals surface area contributed by atoms with E-state index in [2.05, 4.69) is 5.32 Å². The van der Waals surface area contributed by atoms with Crippen LogP contribution in [0.4, 0.5) is 5.69 Å². The molecule has 2 aromatic rings. The smallest absolute Gasteiger partial charge is 0.241 e. The first kappa shape index (κ1) is 22.4. The standard InChI is InChI=1S/C20H26N2O6S/c1-14(18-12-17(27-3)10-11-19(18)28-4)21-20(23)13-22(29(5,24)25)15-6-8-16(26-2)9-7-15/h6-12,14H,13H2,1-5H3,(H,21,23). The summed E-state index contributed by atoms with van der Waals surface area (Å²) in [5.41, 5.74) is 1.09. The van der Waals surface area contributed by atoms with Crippen LogP contribution in [0, 0.1) is 0 Å². The molecule has 1 atom stereocenters. The number of hydrogen-bond donors (Lipinski definition) is 1. The zero-order valence-corrected chi connectivity index (χ0v) is 17.9. The molecule has 1 N–H and O–H groups in total. The van der Waals surface area contributed by atoms with Gasteiger partial charge in [0.2, 0.25) is 15.9 Å². The van der Waals surface area contributed by atoms with Crippen molar-refractivity contribution in [3.63, 3.8) is 0 Å². The van der Waals surface area contributed by atoms with Crippen LogP contribution in [0.25, 0.3) is 0 Å². The van der Waals surface area contributed by atoms with Crippen molar-refractivity contribution in [3.8, 4) is 17.2 Å². The molecule has 0 radical (unpaired) electrons. The van der Waals surface area contributed by atoms with Gasteiger partial charge in [-0.05, 0) is 49.4 Å². The molecule has 2 rings (SSSR count). The highest BCUT2D eigenvalue weighted by Crippen LogP contribution is 2.29. The number of methoxy groups -OCH3 is 3. The Kier molecular flexibility index (Phi) is 7.33. The highest BCUT2D eigenvalue weighted by atomic mass is 32.2. The number of sulfonamides is 1. The van der Waals surface area contributed by atoms with Crippen LogP contribution in [-0.4, -0.2) is 48.5 Å². The van der Waals surface area contributed by atoms with Crippen LogP contribution >= 0.6 is 0 Å². The third-order valence-electron chi connectivity index (χ3n) is 4.33. The fourth-order valence-corrected chi connectivity index (χ4v) is 3.68. The zero-order chi connectivity index (χ0) is 21.6. The highest BCUT2D eigenvalue weighted by molar-refractivity contribution is 7.92. The van der Waals surface area contributed by atoms with Gasteiger partial charge in [-0.1, -0.05) is 0 Å². The summed E-state index contributed by atoms with van der Waals surface area (Å²) in [6.45, 7) is 1.43. The number of benzene rings is 2. The van der Waals surface area contributed by atoms with Gasteiger partial charge in [0.25, 0.3) is 0 Å². The molecule has 1 amide bonds. The van der Waals surface area contributed by atoms with Crippen molar-refractivity contribution in [1.82, 2.24) is 5.32 Å². The molecule has 8 nitrogen and oxygen atoms in total. The summed E-state index contributed by atoms with van der Waals surface area (Å²) in [5.74, 6) is 1.35. The summed E-state index contributed by atoms with van der Waals surface area (Å²) in [5, 5.41) is 2.81. The van der Waals surface area contributed by atoms with Gasteiger partial charge in [-0.25, -0.2) is 8.42 Å². The Morgan fingerprint density at radius 1 is 1.00 bits per heavy atom. The van der Waals surface area contributed by atoms with E-state index in [1.165, 1.54) is 14.2 Å². The SMILES string of the molecule is COc1ccc(N(CC(=O)NC(C)c2cc(OC)ccc2OC)S(C)(=O)=O)cc1. The molecular formula is C20H26N2O6S. The van der Waals surface area contributed by atoms with Crippen LogP contribution in [0.1, 0.15) is 18.5 Å². The summed E-state index contributed by atoms with van der Waals surface area (Å²) < 4.78 is 41.2.